The monoisotopic (exact) mass is 556 g/mol. The lowest BCUT2D eigenvalue weighted by Crippen LogP contribution is -2.54. The van der Waals surface area contributed by atoms with Gasteiger partial charge in [-0.1, -0.05) is 48.9 Å². The van der Waals surface area contributed by atoms with E-state index in [1.807, 2.05) is 54.3 Å². The smallest absolute Gasteiger partial charge is 0.255 e. The van der Waals surface area contributed by atoms with Gasteiger partial charge in [-0.2, -0.15) is 0 Å². The molecule has 0 radical (unpaired) electrons. The molecule has 0 aliphatic carbocycles. The zero-order valence-electron chi connectivity index (χ0n) is 22.7. The Morgan fingerprint density at radius 3 is 2.49 bits per heavy atom. The number of aryl methyl sites for hydroxylation is 1. The number of hydrogen-bond donors (Lipinski definition) is 3. The van der Waals surface area contributed by atoms with Gasteiger partial charge in [0.05, 0.1) is 23.1 Å². The van der Waals surface area contributed by atoms with Crippen molar-refractivity contribution in [3.63, 3.8) is 0 Å². The number of para-hydroxylation sites is 1. The van der Waals surface area contributed by atoms with Crippen LogP contribution in [0.3, 0.4) is 0 Å². The molecular formula is C30H41ClN4O4. The van der Waals surface area contributed by atoms with Crippen LogP contribution in [0.4, 0.5) is 0 Å². The van der Waals surface area contributed by atoms with Crippen molar-refractivity contribution in [3.8, 4) is 5.75 Å². The van der Waals surface area contributed by atoms with Crippen molar-refractivity contribution in [1.29, 1.82) is 0 Å². The predicted octanol–water partition coefficient (Wildman–Crippen LogP) is 3.47. The summed E-state index contributed by atoms with van der Waals surface area (Å²) in [7, 11) is 0. The second-order valence-electron chi connectivity index (χ2n) is 10.6. The number of nitrogens with zero attached hydrogens (tertiary/aromatic N) is 1. The molecule has 2 heterocycles. The third kappa shape index (κ3) is 7.96. The van der Waals surface area contributed by atoms with Gasteiger partial charge >= 0.3 is 0 Å². The fourth-order valence-corrected chi connectivity index (χ4v) is 5.37. The highest BCUT2D eigenvalue weighted by atomic mass is 35.5. The van der Waals surface area contributed by atoms with Crippen molar-refractivity contribution in [3.05, 3.63) is 65.7 Å². The minimum Gasteiger partial charge on any atom is -0.491 e. The standard InChI is InChI=1S/C30H40N4O4.ClH/c1-22-21-38-26-12-6-5-11-24(26)27(35)32-18-8-7-15-30(29(37)33-22)16-19-34(20-17-30)28(36)25(31)14-13-23-9-3-2-4-10-23;/h2-6,9-12,22,25H,7-8,13-21,31H2,1H3,(H,32,35)(H,33,37);1H/t22-,25+;/m1./s1. The third-order valence-corrected chi connectivity index (χ3v) is 7.78. The number of hydrogen-bond acceptors (Lipinski definition) is 5. The number of nitrogens with one attached hydrogen (secondary N) is 2. The van der Waals surface area contributed by atoms with Crippen LogP contribution in [-0.2, 0) is 16.0 Å². The average molecular weight is 557 g/mol. The minimum absolute atomic E-state index is 0. The summed E-state index contributed by atoms with van der Waals surface area (Å²) < 4.78 is 5.93. The summed E-state index contributed by atoms with van der Waals surface area (Å²) in [5.41, 5.74) is 7.40. The number of piperidine rings is 1. The predicted molar refractivity (Wildman–Crippen MR) is 154 cm³/mol. The summed E-state index contributed by atoms with van der Waals surface area (Å²) in [5.74, 6) is 0.330. The Hall–Kier alpha value is -3.10. The van der Waals surface area contributed by atoms with Crippen LogP contribution >= 0.6 is 12.4 Å². The van der Waals surface area contributed by atoms with Crippen LogP contribution in [0, 0.1) is 5.41 Å². The van der Waals surface area contributed by atoms with Crippen LogP contribution in [0.2, 0.25) is 0 Å². The Bertz CT molecular complexity index is 1110. The zero-order valence-corrected chi connectivity index (χ0v) is 23.5. The van der Waals surface area contributed by atoms with Crippen molar-refractivity contribution in [1.82, 2.24) is 15.5 Å². The quantitative estimate of drug-likeness (QED) is 0.533. The molecular weight excluding hydrogens is 516 g/mol. The first-order valence-corrected chi connectivity index (χ1v) is 13.8. The number of carbonyl (C=O) groups excluding carboxylic acids is 3. The van der Waals surface area contributed by atoms with Gasteiger partial charge < -0.3 is 26.0 Å². The molecule has 212 valence electrons. The van der Waals surface area contributed by atoms with Crippen LogP contribution in [0.5, 0.6) is 5.75 Å². The van der Waals surface area contributed by atoms with Crippen LogP contribution in [0.25, 0.3) is 0 Å². The SMILES string of the molecule is C[C@@H]1COc2ccccc2C(=O)NCCCCC2(CCN(C(=O)[C@@H](N)CCc3ccccc3)CC2)C(=O)N1.Cl. The van der Waals surface area contributed by atoms with Crippen LogP contribution < -0.4 is 21.1 Å². The van der Waals surface area contributed by atoms with Gasteiger partial charge in [-0.15, -0.1) is 12.4 Å². The van der Waals surface area contributed by atoms with Crippen molar-refractivity contribution >= 4 is 30.1 Å². The van der Waals surface area contributed by atoms with Crippen LogP contribution in [-0.4, -0.2) is 60.9 Å². The summed E-state index contributed by atoms with van der Waals surface area (Å²) in [6.07, 6.45) is 4.84. The highest BCUT2D eigenvalue weighted by Crippen LogP contribution is 2.37. The van der Waals surface area contributed by atoms with Gasteiger partial charge in [0, 0.05) is 19.6 Å². The highest BCUT2D eigenvalue weighted by molar-refractivity contribution is 5.96. The maximum Gasteiger partial charge on any atom is 0.255 e. The molecule has 4 N–H and O–H groups in total. The zero-order chi connectivity index (χ0) is 27.0. The van der Waals surface area contributed by atoms with E-state index >= 15 is 0 Å². The number of benzene rings is 2. The molecule has 0 unspecified atom stereocenters. The molecule has 1 spiro atoms. The molecule has 8 nitrogen and oxygen atoms in total. The lowest BCUT2D eigenvalue weighted by atomic mass is 9.73. The molecule has 1 saturated heterocycles. The highest BCUT2D eigenvalue weighted by Gasteiger charge is 2.42. The van der Waals surface area contributed by atoms with E-state index in [1.54, 1.807) is 12.1 Å². The molecule has 0 bridgehead atoms. The minimum atomic E-state index is -0.550. The summed E-state index contributed by atoms with van der Waals surface area (Å²) >= 11 is 0. The first-order chi connectivity index (χ1) is 18.4. The Labute approximate surface area is 237 Å². The van der Waals surface area contributed by atoms with Gasteiger partial charge in [-0.05, 0) is 63.1 Å². The van der Waals surface area contributed by atoms with Gasteiger partial charge in [0.15, 0.2) is 0 Å². The molecule has 2 aromatic carbocycles. The average Bonchev–Trinajstić information content (AvgIpc) is 2.94. The second-order valence-corrected chi connectivity index (χ2v) is 10.6. The van der Waals surface area contributed by atoms with Crippen LogP contribution in [0.1, 0.15) is 61.4 Å². The lowest BCUT2D eigenvalue weighted by molar-refractivity contribution is -0.142. The molecule has 0 saturated carbocycles. The van der Waals surface area contributed by atoms with Crippen LogP contribution in [0.15, 0.2) is 54.6 Å². The van der Waals surface area contributed by atoms with E-state index in [0.29, 0.717) is 56.6 Å². The molecule has 9 heteroatoms. The second kappa shape index (κ2) is 14.3. The Balaban J connectivity index is 0.00000420. The van der Waals surface area contributed by atoms with Gasteiger partial charge in [0.2, 0.25) is 11.8 Å². The fraction of sp³-hybridized carbons (Fsp3) is 0.500. The number of halogens is 1. The van der Waals surface area contributed by atoms with E-state index in [-0.39, 0.29) is 42.8 Å². The van der Waals surface area contributed by atoms with Crippen molar-refractivity contribution in [2.75, 3.05) is 26.2 Å². The molecule has 2 atom stereocenters. The number of amides is 3. The maximum atomic E-state index is 13.6. The molecule has 2 aromatic rings. The summed E-state index contributed by atoms with van der Waals surface area (Å²) in [4.78, 5) is 41.2. The van der Waals surface area contributed by atoms with Crippen molar-refractivity contribution < 1.29 is 19.1 Å². The number of fused-ring (bicyclic) bond motifs is 1. The first-order valence-electron chi connectivity index (χ1n) is 13.8. The van der Waals surface area contributed by atoms with E-state index < -0.39 is 11.5 Å². The van der Waals surface area contributed by atoms with Gasteiger partial charge in [-0.3, -0.25) is 14.4 Å². The molecule has 39 heavy (non-hydrogen) atoms. The molecule has 3 amide bonds. The Kier molecular flexibility index (Phi) is 11.2. The number of likely N-dealkylation sites (tertiary alicyclic amines) is 1. The number of rotatable bonds is 4. The van der Waals surface area contributed by atoms with Crippen molar-refractivity contribution in [2.45, 2.75) is 64.0 Å². The van der Waals surface area contributed by atoms with Gasteiger partial charge in [-0.25, -0.2) is 0 Å². The van der Waals surface area contributed by atoms with E-state index in [0.717, 1.165) is 19.3 Å². The number of carbonyl (C=O) groups is 3. The number of ether oxygens (including phenoxy) is 1. The fourth-order valence-electron chi connectivity index (χ4n) is 5.37. The molecule has 0 aromatic heterocycles. The molecule has 2 aliphatic heterocycles. The summed E-state index contributed by atoms with van der Waals surface area (Å²) in [5, 5.41) is 6.13. The van der Waals surface area contributed by atoms with E-state index in [1.165, 1.54) is 5.56 Å². The van der Waals surface area contributed by atoms with Crippen molar-refractivity contribution in [2.24, 2.45) is 11.1 Å². The molecule has 4 rings (SSSR count). The first kappa shape index (κ1) is 30.4. The Morgan fingerprint density at radius 1 is 1.05 bits per heavy atom. The lowest BCUT2D eigenvalue weighted by Gasteiger charge is -2.42. The molecule has 2 aliphatic rings. The van der Waals surface area contributed by atoms with E-state index in [9.17, 15) is 14.4 Å². The maximum absolute atomic E-state index is 13.6. The summed E-state index contributed by atoms with van der Waals surface area (Å²) in [6.45, 7) is 3.72. The summed E-state index contributed by atoms with van der Waals surface area (Å²) in [6, 6.07) is 16.4. The topological polar surface area (TPSA) is 114 Å². The Morgan fingerprint density at radius 2 is 1.74 bits per heavy atom. The number of nitrogens with two attached hydrogens (primary N) is 1. The van der Waals surface area contributed by atoms with Gasteiger partial charge in [0.1, 0.15) is 12.4 Å². The van der Waals surface area contributed by atoms with E-state index in [2.05, 4.69) is 10.6 Å². The van der Waals surface area contributed by atoms with E-state index in [4.69, 9.17) is 10.5 Å². The normalized spacial score (nSPS) is 20.8. The largest absolute Gasteiger partial charge is 0.491 e. The molecule has 1 fully saturated rings. The third-order valence-electron chi connectivity index (χ3n) is 7.78. The van der Waals surface area contributed by atoms with Gasteiger partial charge in [0.25, 0.3) is 5.91 Å².